The predicted octanol–water partition coefficient (Wildman–Crippen LogP) is 2.75. The molecule has 2 saturated heterocycles. The average molecular weight is 404 g/mol. The highest BCUT2D eigenvalue weighted by atomic mass is 16.5. The Morgan fingerprint density at radius 2 is 1.87 bits per heavy atom. The summed E-state index contributed by atoms with van der Waals surface area (Å²) in [5.41, 5.74) is 2.54. The van der Waals surface area contributed by atoms with Gasteiger partial charge in [-0.15, -0.1) is 4.80 Å². The van der Waals surface area contributed by atoms with Crippen molar-refractivity contribution in [1.82, 2.24) is 29.9 Å². The molecule has 3 fully saturated rings. The third-order valence-corrected chi connectivity index (χ3v) is 5.98. The quantitative estimate of drug-likeness (QED) is 0.665. The van der Waals surface area contributed by atoms with E-state index in [4.69, 9.17) is 4.74 Å². The smallest absolute Gasteiger partial charge is 0.258 e. The fourth-order valence-corrected chi connectivity index (χ4v) is 4.53. The molecule has 0 unspecified atom stereocenters. The van der Waals surface area contributed by atoms with Crippen LogP contribution in [0.2, 0.25) is 0 Å². The van der Waals surface area contributed by atoms with Crippen LogP contribution in [0.3, 0.4) is 0 Å². The van der Waals surface area contributed by atoms with Crippen LogP contribution in [0.25, 0.3) is 5.82 Å². The largest absolute Gasteiger partial charge is 0.472 e. The minimum Gasteiger partial charge on any atom is -0.472 e. The lowest BCUT2D eigenvalue weighted by atomic mass is 9.77. The topological polar surface area (TPSA) is 86.0 Å². The first kappa shape index (κ1) is 18.7. The van der Waals surface area contributed by atoms with Crippen molar-refractivity contribution in [3.8, 4) is 11.7 Å². The summed E-state index contributed by atoms with van der Waals surface area (Å²) < 4.78 is 6.24. The Balaban J connectivity index is 1.44. The van der Waals surface area contributed by atoms with Crippen molar-refractivity contribution >= 4 is 5.91 Å². The van der Waals surface area contributed by atoms with Gasteiger partial charge in [0.25, 0.3) is 5.91 Å². The number of pyridine rings is 2. The molecule has 6 rings (SSSR count). The second kappa shape index (κ2) is 7.51. The number of ether oxygens (including phenoxy) is 1. The normalized spacial score (nSPS) is 22.9. The average Bonchev–Trinajstić information content (AvgIpc) is 3.30. The van der Waals surface area contributed by atoms with E-state index in [2.05, 4.69) is 20.2 Å². The summed E-state index contributed by atoms with van der Waals surface area (Å²) in [5.74, 6) is 1.45. The maximum atomic E-state index is 13.6. The fraction of sp³-hybridized carbons (Fsp3) is 0.409. The standard InChI is InChI=1S/C22H24N6O2/c1-14-3-6-20(23-11-14)30-19-10-16-4-5-18(19)27(13-16)22(29)17-9-15(2)12-24-21(17)28-25-7-8-26-28/h3,6-9,11-12,16,18-19H,4-5,10,13H2,1-2H3/t16-,18+,19-/m1/s1. The van der Waals surface area contributed by atoms with E-state index in [9.17, 15) is 4.79 Å². The molecule has 5 heterocycles. The number of hydrogen-bond donors (Lipinski definition) is 0. The number of rotatable bonds is 4. The molecule has 3 aromatic heterocycles. The van der Waals surface area contributed by atoms with E-state index in [1.54, 1.807) is 24.8 Å². The van der Waals surface area contributed by atoms with Crippen LogP contribution in [0, 0.1) is 19.8 Å². The molecule has 8 heteroatoms. The molecule has 154 valence electrons. The van der Waals surface area contributed by atoms with E-state index >= 15 is 0 Å². The highest BCUT2D eigenvalue weighted by Crippen LogP contribution is 2.38. The molecule has 1 saturated carbocycles. The molecular formula is C22H24N6O2. The van der Waals surface area contributed by atoms with Gasteiger partial charge in [0.05, 0.1) is 24.0 Å². The molecule has 3 aliphatic rings. The van der Waals surface area contributed by atoms with Crippen molar-refractivity contribution in [3.63, 3.8) is 0 Å². The van der Waals surface area contributed by atoms with E-state index in [1.807, 2.05) is 36.9 Å². The number of aromatic nitrogens is 5. The molecule has 3 aromatic rings. The Bertz CT molecular complexity index is 1050. The molecule has 0 radical (unpaired) electrons. The van der Waals surface area contributed by atoms with Crippen molar-refractivity contribution in [2.45, 2.75) is 45.3 Å². The molecule has 0 N–H and O–H groups in total. The highest BCUT2D eigenvalue weighted by molar-refractivity contribution is 5.97. The van der Waals surface area contributed by atoms with Crippen molar-refractivity contribution < 1.29 is 9.53 Å². The van der Waals surface area contributed by atoms with E-state index < -0.39 is 0 Å². The summed E-state index contributed by atoms with van der Waals surface area (Å²) in [6, 6.07) is 5.78. The third-order valence-electron chi connectivity index (χ3n) is 5.98. The van der Waals surface area contributed by atoms with Crippen molar-refractivity contribution in [2.75, 3.05) is 6.54 Å². The Hall–Kier alpha value is -3.29. The van der Waals surface area contributed by atoms with Crippen molar-refractivity contribution in [3.05, 3.63) is 59.7 Å². The summed E-state index contributed by atoms with van der Waals surface area (Å²) in [4.78, 5) is 25.8. The Kier molecular flexibility index (Phi) is 4.69. The van der Waals surface area contributed by atoms with E-state index in [1.165, 1.54) is 4.80 Å². The molecule has 0 spiro atoms. The maximum Gasteiger partial charge on any atom is 0.258 e. The van der Waals surface area contributed by atoms with Gasteiger partial charge in [-0.25, -0.2) is 9.97 Å². The molecule has 1 amide bonds. The second-order valence-electron chi connectivity index (χ2n) is 8.24. The first-order chi connectivity index (χ1) is 14.6. The SMILES string of the molecule is Cc1ccc(O[C@@H]2C[C@H]3CC[C@@H]2N(C(=O)c2cc(C)cnc2-n2nccn2)C3)nc1. The van der Waals surface area contributed by atoms with Gasteiger partial charge in [0, 0.05) is 25.0 Å². The van der Waals surface area contributed by atoms with Gasteiger partial charge in [-0.3, -0.25) is 4.79 Å². The molecule has 0 aromatic carbocycles. The number of piperidine rings is 2. The predicted molar refractivity (Wildman–Crippen MR) is 109 cm³/mol. The summed E-state index contributed by atoms with van der Waals surface area (Å²) >= 11 is 0. The van der Waals surface area contributed by atoms with Gasteiger partial charge in [-0.1, -0.05) is 6.07 Å². The van der Waals surface area contributed by atoms with Gasteiger partial charge < -0.3 is 9.64 Å². The van der Waals surface area contributed by atoms with Gasteiger partial charge in [-0.2, -0.15) is 10.2 Å². The second-order valence-corrected chi connectivity index (χ2v) is 8.24. The number of hydrogen-bond acceptors (Lipinski definition) is 6. The summed E-state index contributed by atoms with van der Waals surface area (Å²) in [6.45, 7) is 4.67. The summed E-state index contributed by atoms with van der Waals surface area (Å²) in [5, 5.41) is 8.34. The lowest BCUT2D eigenvalue weighted by molar-refractivity contribution is -0.0313. The van der Waals surface area contributed by atoms with E-state index in [0.717, 1.165) is 36.9 Å². The summed E-state index contributed by atoms with van der Waals surface area (Å²) in [7, 11) is 0. The Morgan fingerprint density at radius 1 is 1.07 bits per heavy atom. The zero-order valence-electron chi connectivity index (χ0n) is 17.1. The molecule has 8 nitrogen and oxygen atoms in total. The highest BCUT2D eigenvalue weighted by Gasteiger charge is 2.45. The van der Waals surface area contributed by atoms with Crippen LogP contribution in [-0.2, 0) is 0 Å². The number of carbonyl (C=O) groups is 1. The van der Waals surface area contributed by atoms with Gasteiger partial charge in [0.15, 0.2) is 5.82 Å². The maximum absolute atomic E-state index is 13.6. The molecule has 2 aliphatic heterocycles. The fourth-order valence-electron chi connectivity index (χ4n) is 4.53. The van der Waals surface area contributed by atoms with Crippen LogP contribution >= 0.6 is 0 Å². The first-order valence-electron chi connectivity index (χ1n) is 10.3. The number of carbonyl (C=O) groups excluding carboxylic acids is 1. The van der Waals surface area contributed by atoms with Crippen LogP contribution in [-0.4, -0.2) is 54.5 Å². The Labute approximate surface area is 174 Å². The van der Waals surface area contributed by atoms with E-state index in [-0.39, 0.29) is 18.1 Å². The van der Waals surface area contributed by atoms with Gasteiger partial charge in [0.2, 0.25) is 5.88 Å². The number of nitrogens with zero attached hydrogens (tertiary/aromatic N) is 6. The molecule has 3 atom stereocenters. The zero-order chi connectivity index (χ0) is 20.7. The van der Waals surface area contributed by atoms with Crippen molar-refractivity contribution in [1.29, 1.82) is 0 Å². The van der Waals surface area contributed by atoms with Gasteiger partial charge in [0.1, 0.15) is 6.10 Å². The van der Waals surface area contributed by atoms with Gasteiger partial charge >= 0.3 is 0 Å². The number of aryl methyl sites for hydroxylation is 2. The van der Waals surface area contributed by atoms with E-state index in [0.29, 0.717) is 23.2 Å². The monoisotopic (exact) mass is 404 g/mol. The van der Waals surface area contributed by atoms with Crippen LogP contribution in [0.1, 0.15) is 40.7 Å². The minimum absolute atomic E-state index is 0.0181. The number of amides is 1. The van der Waals surface area contributed by atoms with Crippen LogP contribution < -0.4 is 4.74 Å². The van der Waals surface area contributed by atoms with Crippen molar-refractivity contribution in [2.24, 2.45) is 5.92 Å². The first-order valence-corrected chi connectivity index (χ1v) is 10.3. The van der Waals surface area contributed by atoms with Crippen LogP contribution in [0.4, 0.5) is 0 Å². The molecular weight excluding hydrogens is 380 g/mol. The molecule has 30 heavy (non-hydrogen) atoms. The van der Waals surface area contributed by atoms with Crippen LogP contribution in [0.5, 0.6) is 5.88 Å². The zero-order valence-corrected chi connectivity index (χ0v) is 17.1. The Morgan fingerprint density at radius 3 is 2.60 bits per heavy atom. The summed E-state index contributed by atoms with van der Waals surface area (Å²) in [6.07, 6.45) is 9.64. The minimum atomic E-state index is -0.0549. The third kappa shape index (κ3) is 3.42. The number of fused-ring (bicyclic) bond motifs is 3. The molecule has 1 aliphatic carbocycles. The van der Waals surface area contributed by atoms with Gasteiger partial charge in [-0.05, 0) is 56.2 Å². The lowest BCUT2D eigenvalue weighted by Crippen LogP contribution is -2.59. The van der Waals surface area contributed by atoms with Crippen LogP contribution in [0.15, 0.2) is 43.0 Å². The lowest BCUT2D eigenvalue weighted by Gasteiger charge is -2.49. The molecule has 2 bridgehead atoms.